The molecule has 0 N–H and O–H groups in total. The van der Waals surface area contributed by atoms with Gasteiger partial charge in [-0.1, -0.05) is 42.5 Å². The highest BCUT2D eigenvalue weighted by atomic mass is 19.4. The molecule has 2 rings (SSSR count). The Morgan fingerprint density at radius 2 is 1.68 bits per heavy atom. The number of hydrogen-bond acceptors (Lipinski definition) is 1. The molecule has 0 aliphatic carbocycles. The standard InChI is InChI=1S/C15H16F3N/c1-19(11-15(16,17)18)9-8-12-6-7-13-4-2-3-5-14(13)10-12/h2-7,10H,8-9,11H2,1H3. The fourth-order valence-corrected chi connectivity index (χ4v) is 2.10. The SMILES string of the molecule is CN(CCc1ccc2ccccc2c1)CC(F)(F)F. The Balaban J connectivity index is 1.98. The van der Waals surface area contributed by atoms with E-state index in [1.54, 1.807) is 0 Å². The van der Waals surface area contributed by atoms with Crippen LogP contribution < -0.4 is 0 Å². The Hall–Kier alpha value is -1.55. The summed E-state index contributed by atoms with van der Waals surface area (Å²) in [6.45, 7) is -0.460. The van der Waals surface area contributed by atoms with Gasteiger partial charge in [0, 0.05) is 6.54 Å². The molecule has 0 aliphatic rings. The van der Waals surface area contributed by atoms with E-state index in [-0.39, 0.29) is 0 Å². The molecule has 4 heteroatoms. The van der Waals surface area contributed by atoms with Crippen LogP contribution >= 0.6 is 0 Å². The zero-order valence-corrected chi connectivity index (χ0v) is 10.7. The van der Waals surface area contributed by atoms with Gasteiger partial charge in [0.2, 0.25) is 0 Å². The third-order valence-corrected chi connectivity index (χ3v) is 3.05. The average Bonchev–Trinajstić information content (AvgIpc) is 2.34. The fraction of sp³-hybridized carbons (Fsp3) is 0.333. The maximum atomic E-state index is 12.2. The number of benzene rings is 2. The van der Waals surface area contributed by atoms with E-state index in [9.17, 15) is 13.2 Å². The summed E-state index contributed by atoms with van der Waals surface area (Å²) in [5.41, 5.74) is 1.06. The summed E-state index contributed by atoms with van der Waals surface area (Å²) >= 11 is 0. The van der Waals surface area contributed by atoms with Crippen LogP contribution in [-0.4, -0.2) is 31.2 Å². The number of halogens is 3. The maximum absolute atomic E-state index is 12.2. The zero-order chi connectivity index (χ0) is 13.9. The van der Waals surface area contributed by atoms with Crippen molar-refractivity contribution < 1.29 is 13.2 Å². The highest BCUT2D eigenvalue weighted by Gasteiger charge is 2.28. The van der Waals surface area contributed by atoms with E-state index in [1.807, 2.05) is 42.5 Å². The summed E-state index contributed by atoms with van der Waals surface area (Å²) in [6.07, 6.45) is -3.50. The summed E-state index contributed by atoms with van der Waals surface area (Å²) in [7, 11) is 1.49. The number of nitrogens with zero attached hydrogens (tertiary/aromatic N) is 1. The third-order valence-electron chi connectivity index (χ3n) is 3.05. The Labute approximate surface area is 110 Å². The van der Waals surface area contributed by atoms with Crippen LogP contribution in [0.4, 0.5) is 13.2 Å². The van der Waals surface area contributed by atoms with Crippen LogP contribution in [0.3, 0.4) is 0 Å². The minimum Gasteiger partial charge on any atom is -0.298 e. The molecule has 102 valence electrons. The van der Waals surface area contributed by atoms with Gasteiger partial charge in [-0.05, 0) is 29.8 Å². The molecule has 0 atom stereocenters. The van der Waals surface area contributed by atoms with Crippen LogP contribution in [0, 0.1) is 0 Å². The van der Waals surface area contributed by atoms with Crippen molar-refractivity contribution in [2.75, 3.05) is 20.1 Å². The lowest BCUT2D eigenvalue weighted by atomic mass is 10.1. The summed E-state index contributed by atoms with van der Waals surface area (Å²) in [6, 6.07) is 14.0. The molecule has 2 aromatic carbocycles. The molecular formula is C15H16F3N. The van der Waals surface area contributed by atoms with Crippen molar-refractivity contribution in [1.82, 2.24) is 4.90 Å². The monoisotopic (exact) mass is 267 g/mol. The lowest BCUT2D eigenvalue weighted by Gasteiger charge is -2.18. The molecule has 0 aliphatic heterocycles. The first-order chi connectivity index (χ1) is 8.94. The van der Waals surface area contributed by atoms with Gasteiger partial charge in [-0.2, -0.15) is 13.2 Å². The van der Waals surface area contributed by atoms with Gasteiger partial charge in [-0.3, -0.25) is 4.90 Å². The average molecular weight is 267 g/mol. The van der Waals surface area contributed by atoms with E-state index in [1.165, 1.54) is 11.9 Å². The van der Waals surface area contributed by atoms with Crippen LogP contribution in [-0.2, 0) is 6.42 Å². The molecule has 2 aromatic rings. The molecule has 0 unspecified atom stereocenters. The first-order valence-electron chi connectivity index (χ1n) is 6.17. The first kappa shape index (κ1) is 13.9. The van der Waals surface area contributed by atoms with Gasteiger partial charge in [0.05, 0.1) is 6.54 Å². The van der Waals surface area contributed by atoms with Crippen LogP contribution in [0.25, 0.3) is 10.8 Å². The lowest BCUT2D eigenvalue weighted by Crippen LogP contribution is -2.32. The van der Waals surface area contributed by atoms with Gasteiger partial charge < -0.3 is 0 Å². The van der Waals surface area contributed by atoms with Crippen LogP contribution in [0.5, 0.6) is 0 Å². The Morgan fingerprint density at radius 1 is 1.00 bits per heavy atom. The second-order valence-corrected chi connectivity index (χ2v) is 4.78. The Bertz CT molecular complexity index is 548. The first-order valence-corrected chi connectivity index (χ1v) is 6.17. The predicted molar refractivity (Wildman–Crippen MR) is 71.2 cm³/mol. The van der Waals surface area contributed by atoms with Crippen LogP contribution in [0.15, 0.2) is 42.5 Å². The van der Waals surface area contributed by atoms with E-state index in [2.05, 4.69) is 0 Å². The molecule has 0 bridgehead atoms. The second-order valence-electron chi connectivity index (χ2n) is 4.78. The molecule has 0 saturated carbocycles. The largest absolute Gasteiger partial charge is 0.401 e. The van der Waals surface area contributed by atoms with Gasteiger partial charge in [0.1, 0.15) is 0 Å². The van der Waals surface area contributed by atoms with Gasteiger partial charge in [0.25, 0.3) is 0 Å². The van der Waals surface area contributed by atoms with Gasteiger partial charge in [0.15, 0.2) is 0 Å². The van der Waals surface area contributed by atoms with Gasteiger partial charge in [-0.15, -0.1) is 0 Å². The summed E-state index contributed by atoms with van der Waals surface area (Å²) < 4.78 is 36.6. The van der Waals surface area contributed by atoms with Crippen molar-refractivity contribution in [2.24, 2.45) is 0 Å². The quantitative estimate of drug-likeness (QED) is 0.812. The number of fused-ring (bicyclic) bond motifs is 1. The molecular weight excluding hydrogens is 251 g/mol. The number of rotatable bonds is 4. The van der Waals surface area contributed by atoms with Crippen molar-refractivity contribution in [3.63, 3.8) is 0 Å². The van der Waals surface area contributed by atoms with E-state index >= 15 is 0 Å². The van der Waals surface area contributed by atoms with E-state index in [0.717, 1.165) is 16.3 Å². The fourth-order valence-electron chi connectivity index (χ4n) is 2.10. The van der Waals surface area contributed by atoms with Crippen molar-refractivity contribution in [3.8, 4) is 0 Å². The lowest BCUT2D eigenvalue weighted by molar-refractivity contribution is -0.142. The van der Waals surface area contributed by atoms with Gasteiger partial charge in [-0.25, -0.2) is 0 Å². The second kappa shape index (κ2) is 5.61. The Morgan fingerprint density at radius 3 is 2.37 bits per heavy atom. The maximum Gasteiger partial charge on any atom is 0.401 e. The van der Waals surface area contributed by atoms with Crippen molar-refractivity contribution in [1.29, 1.82) is 0 Å². The smallest absolute Gasteiger partial charge is 0.298 e. The Kier molecular flexibility index (Phi) is 4.10. The molecule has 19 heavy (non-hydrogen) atoms. The highest BCUT2D eigenvalue weighted by molar-refractivity contribution is 5.82. The molecule has 0 saturated heterocycles. The third kappa shape index (κ3) is 4.24. The van der Waals surface area contributed by atoms with Gasteiger partial charge >= 0.3 is 6.18 Å². The van der Waals surface area contributed by atoms with Crippen molar-refractivity contribution >= 4 is 10.8 Å². The van der Waals surface area contributed by atoms with Crippen molar-refractivity contribution in [2.45, 2.75) is 12.6 Å². The van der Waals surface area contributed by atoms with Crippen molar-refractivity contribution in [3.05, 3.63) is 48.0 Å². The zero-order valence-electron chi connectivity index (χ0n) is 10.7. The minimum atomic E-state index is -4.13. The molecule has 0 radical (unpaired) electrons. The molecule has 1 nitrogen and oxygen atoms in total. The van der Waals surface area contributed by atoms with Crippen LogP contribution in [0.1, 0.15) is 5.56 Å². The number of hydrogen-bond donors (Lipinski definition) is 0. The van der Waals surface area contributed by atoms with Crippen LogP contribution in [0.2, 0.25) is 0 Å². The molecule has 0 amide bonds. The molecule has 0 spiro atoms. The molecule has 0 heterocycles. The summed E-state index contributed by atoms with van der Waals surface area (Å²) in [5, 5.41) is 2.27. The minimum absolute atomic E-state index is 0.401. The van der Waals surface area contributed by atoms with E-state index in [4.69, 9.17) is 0 Å². The summed E-state index contributed by atoms with van der Waals surface area (Å²) in [5.74, 6) is 0. The predicted octanol–water partition coefficient (Wildman–Crippen LogP) is 3.88. The van der Waals surface area contributed by atoms with E-state index < -0.39 is 12.7 Å². The summed E-state index contributed by atoms with van der Waals surface area (Å²) in [4.78, 5) is 1.30. The molecule has 0 aromatic heterocycles. The van der Waals surface area contributed by atoms with E-state index in [0.29, 0.717) is 13.0 Å². The molecule has 0 fully saturated rings. The normalized spacial score (nSPS) is 12.3. The number of likely N-dealkylation sites (N-methyl/N-ethyl adjacent to an activating group) is 1. The number of alkyl halides is 3. The topological polar surface area (TPSA) is 3.24 Å². The highest BCUT2D eigenvalue weighted by Crippen LogP contribution is 2.18.